The molecule has 5 heteroatoms. The number of pyridine rings is 1. The van der Waals surface area contributed by atoms with E-state index in [-0.39, 0.29) is 5.78 Å². The Labute approximate surface area is 124 Å². The van der Waals surface area contributed by atoms with E-state index in [4.69, 9.17) is 5.73 Å². The average molecular weight is 337 g/mol. The molecule has 0 bridgehead atoms. The van der Waals surface area contributed by atoms with Crippen molar-refractivity contribution in [3.63, 3.8) is 0 Å². The Morgan fingerprint density at radius 1 is 1.32 bits per heavy atom. The van der Waals surface area contributed by atoms with Crippen molar-refractivity contribution in [1.29, 1.82) is 0 Å². The Balaban J connectivity index is 2.07. The molecule has 0 amide bonds. The van der Waals surface area contributed by atoms with E-state index in [0.29, 0.717) is 17.1 Å². The Kier molecular flexibility index (Phi) is 4.61. The first-order valence-electron chi connectivity index (χ1n) is 5.70. The van der Waals surface area contributed by atoms with Gasteiger partial charge in [-0.1, -0.05) is 15.9 Å². The minimum Gasteiger partial charge on any atom is -0.383 e. The number of benzene rings is 1. The number of thioether (sulfide) groups is 1. The molecule has 2 N–H and O–H groups in total. The number of aryl methyl sites for hydroxylation is 1. The zero-order chi connectivity index (χ0) is 13.8. The number of aromatic nitrogens is 1. The summed E-state index contributed by atoms with van der Waals surface area (Å²) < 4.78 is 1.02. The van der Waals surface area contributed by atoms with Crippen LogP contribution in [0.4, 0.5) is 5.82 Å². The topological polar surface area (TPSA) is 56.0 Å². The number of hydrogen-bond donors (Lipinski definition) is 1. The van der Waals surface area contributed by atoms with Crippen LogP contribution in [0, 0.1) is 6.92 Å². The van der Waals surface area contributed by atoms with Gasteiger partial charge in [-0.05, 0) is 42.8 Å². The molecular weight excluding hydrogens is 324 g/mol. The summed E-state index contributed by atoms with van der Waals surface area (Å²) >= 11 is 4.88. The second-order valence-corrected chi connectivity index (χ2v) is 6.02. The number of nitrogens with zero attached hydrogens (tertiary/aromatic N) is 1. The van der Waals surface area contributed by atoms with Crippen molar-refractivity contribution in [3.8, 4) is 0 Å². The number of rotatable bonds is 4. The van der Waals surface area contributed by atoms with Gasteiger partial charge in [-0.25, -0.2) is 4.98 Å². The van der Waals surface area contributed by atoms with Gasteiger partial charge in [0, 0.05) is 15.6 Å². The van der Waals surface area contributed by atoms with Gasteiger partial charge in [0.2, 0.25) is 0 Å². The van der Waals surface area contributed by atoms with Gasteiger partial charge in [0.25, 0.3) is 0 Å². The van der Waals surface area contributed by atoms with Crippen molar-refractivity contribution >= 4 is 39.3 Å². The number of nitrogen functional groups attached to an aromatic ring is 1. The molecule has 0 unspecified atom stereocenters. The van der Waals surface area contributed by atoms with Gasteiger partial charge >= 0.3 is 0 Å². The van der Waals surface area contributed by atoms with Crippen LogP contribution >= 0.6 is 27.7 Å². The maximum Gasteiger partial charge on any atom is 0.177 e. The van der Waals surface area contributed by atoms with E-state index in [0.717, 1.165) is 14.9 Å². The van der Waals surface area contributed by atoms with Crippen molar-refractivity contribution in [2.45, 2.75) is 11.8 Å². The monoisotopic (exact) mass is 336 g/mol. The van der Waals surface area contributed by atoms with Crippen molar-refractivity contribution in [3.05, 3.63) is 52.1 Å². The molecule has 0 aliphatic carbocycles. The van der Waals surface area contributed by atoms with Crippen LogP contribution in [0.15, 0.2) is 45.9 Å². The van der Waals surface area contributed by atoms with Gasteiger partial charge < -0.3 is 5.73 Å². The number of hydrogen-bond acceptors (Lipinski definition) is 4. The zero-order valence-electron chi connectivity index (χ0n) is 10.4. The predicted octanol–water partition coefficient (Wildman–Crippen LogP) is 3.71. The Hall–Kier alpha value is -1.33. The highest BCUT2D eigenvalue weighted by Gasteiger charge is 2.13. The van der Waals surface area contributed by atoms with Crippen molar-refractivity contribution in [2.75, 3.05) is 11.5 Å². The van der Waals surface area contributed by atoms with Crippen LogP contribution in [0.2, 0.25) is 0 Å². The number of nitrogens with two attached hydrogens (primary N) is 1. The second-order valence-electron chi connectivity index (χ2n) is 4.05. The third-order valence-corrected chi connectivity index (χ3v) is 4.19. The molecule has 0 aliphatic rings. The fraction of sp³-hybridized carbons (Fsp3) is 0.143. The zero-order valence-corrected chi connectivity index (χ0v) is 12.8. The molecule has 0 fully saturated rings. The molecule has 0 saturated heterocycles. The first-order valence-corrected chi connectivity index (χ1v) is 7.48. The maximum absolute atomic E-state index is 12.2. The molecule has 3 nitrogen and oxygen atoms in total. The third-order valence-electron chi connectivity index (χ3n) is 2.65. The molecule has 0 spiro atoms. The summed E-state index contributed by atoms with van der Waals surface area (Å²) in [7, 11) is 0. The van der Waals surface area contributed by atoms with Crippen LogP contribution in [0.1, 0.15) is 15.9 Å². The van der Waals surface area contributed by atoms with Crippen LogP contribution < -0.4 is 5.73 Å². The third kappa shape index (κ3) is 3.58. The van der Waals surface area contributed by atoms with Crippen molar-refractivity contribution in [2.24, 2.45) is 0 Å². The average Bonchev–Trinajstić information content (AvgIpc) is 2.38. The van der Waals surface area contributed by atoms with Crippen LogP contribution in [-0.2, 0) is 0 Å². The number of anilines is 1. The van der Waals surface area contributed by atoms with Crippen molar-refractivity contribution in [1.82, 2.24) is 4.98 Å². The molecule has 98 valence electrons. The first kappa shape index (κ1) is 14.1. The fourth-order valence-corrected chi connectivity index (χ4v) is 2.73. The SMILES string of the molecule is Cc1ccnc(N)c1C(=O)CSc1ccc(Br)cc1. The number of halogens is 1. The summed E-state index contributed by atoms with van der Waals surface area (Å²) in [5.41, 5.74) is 7.17. The molecule has 2 rings (SSSR count). The van der Waals surface area contributed by atoms with Crippen molar-refractivity contribution < 1.29 is 4.79 Å². The van der Waals surface area contributed by atoms with Crippen LogP contribution in [0.25, 0.3) is 0 Å². The lowest BCUT2D eigenvalue weighted by Crippen LogP contribution is -2.10. The maximum atomic E-state index is 12.2. The second kappa shape index (κ2) is 6.21. The Bertz CT molecular complexity index is 579. The predicted molar refractivity (Wildman–Crippen MR) is 82.6 cm³/mol. The molecule has 0 saturated carbocycles. The minimum atomic E-state index is 0.0102. The van der Waals surface area contributed by atoms with E-state index in [9.17, 15) is 4.79 Å². The van der Waals surface area contributed by atoms with Gasteiger partial charge in [-0.2, -0.15) is 0 Å². The minimum absolute atomic E-state index is 0.0102. The van der Waals surface area contributed by atoms with Crippen LogP contribution in [-0.4, -0.2) is 16.5 Å². The standard InChI is InChI=1S/C14H13BrN2OS/c1-9-6-7-17-14(16)13(9)12(18)8-19-11-4-2-10(15)3-5-11/h2-7H,8H2,1H3,(H2,16,17). The van der Waals surface area contributed by atoms with E-state index >= 15 is 0 Å². The smallest absolute Gasteiger partial charge is 0.177 e. The van der Waals surface area contributed by atoms with Gasteiger partial charge in [0.1, 0.15) is 5.82 Å². The highest BCUT2D eigenvalue weighted by molar-refractivity contribution is 9.10. The lowest BCUT2D eigenvalue weighted by molar-refractivity contribution is 0.102. The Morgan fingerprint density at radius 3 is 2.63 bits per heavy atom. The molecule has 2 aromatic rings. The highest BCUT2D eigenvalue weighted by Crippen LogP contribution is 2.23. The normalized spacial score (nSPS) is 10.4. The quantitative estimate of drug-likeness (QED) is 0.683. The van der Waals surface area contributed by atoms with Gasteiger partial charge in [-0.15, -0.1) is 11.8 Å². The summed E-state index contributed by atoms with van der Waals surface area (Å²) in [6.07, 6.45) is 1.61. The summed E-state index contributed by atoms with van der Waals surface area (Å²) in [6, 6.07) is 9.66. The highest BCUT2D eigenvalue weighted by atomic mass is 79.9. The van der Waals surface area contributed by atoms with E-state index < -0.39 is 0 Å². The van der Waals surface area contributed by atoms with E-state index in [1.54, 1.807) is 12.3 Å². The summed E-state index contributed by atoms with van der Waals surface area (Å²) in [4.78, 5) is 17.2. The molecule has 1 aromatic carbocycles. The van der Waals surface area contributed by atoms with E-state index in [2.05, 4.69) is 20.9 Å². The summed E-state index contributed by atoms with van der Waals surface area (Å²) in [5.74, 6) is 0.677. The number of ketones is 1. The van der Waals surface area contributed by atoms with E-state index in [1.807, 2.05) is 31.2 Å². The summed E-state index contributed by atoms with van der Waals surface area (Å²) in [5, 5.41) is 0. The molecule has 0 radical (unpaired) electrons. The van der Waals surface area contributed by atoms with Gasteiger partial charge in [0.15, 0.2) is 5.78 Å². The number of carbonyl (C=O) groups excluding carboxylic acids is 1. The number of Topliss-reactive ketones (excluding diaryl/α,β-unsaturated/α-hetero) is 1. The Morgan fingerprint density at radius 2 is 2.00 bits per heavy atom. The molecule has 1 aromatic heterocycles. The van der Waals surface area contributed by atoms with Gasteiger partial charge in [-0.3, -0.25) is 4.79 Å². The molecular formula is C14H13BrN2OS. The lowest BCUT2D eigenvalue weighted by atomic mass is 10.1. The number of carbonyl (C=O) groups is 1. The van der Waals surface area contributed by atoms with Crippen LogP contribution in [0.5, 0.6) is 0 Å². The molecule has 0 aliphatic heterocycles. The lowest BCUT2D eigenvalue weighted by Gasteiger charge is -2.07. The molecule has 0 atom stereocenters. The molecule has 1 heterocycles. The fourth-order valence-electron chi connectivity index (χ4n) is 1.69. The van der Waals surface area contributed by atoms with Crippen LogP contribution in [0.3, 0.4) is 0 Å². The summed E-state index contributed by atoms with van der Waals surface area (Å²) in [6.45, 7) is 1.87. The first-order chi connectivity index (χ1) is 9.08. The van der Waals surface area contributed by atoms with Gasteiger partial charge in [0.05, 0.1) is 11.3 Å². The van der Waals surface area contributed by atoms with E-state index in [1.165, 1.54) is 11.8 Å². The molecule has 19 heavy (non-hydrogen) atoms. The largest absolute Gasteiger partial charge is 0.383 e.